The van der Waals surface area contributed by atoms with Crippen molar-refractivity contribution in [2.45, 2.75) is 32.4 Å². The predicted molar refractivity (Wildman–Crippen MR) is 89.5 cm³/mol. The lowest BCUT2D eigenvalue weighted by Crippen LogP contribution is -2.39. The average molecular weight is 357 g/mol. The Kier molecular flexibility index (Phi) is 6.11. The third-order valence-electron chi connectivity index (χ3n) is 3.64. The molecule has 5 nitrogen and oxygen atoms in total. The van der Waals surface area contributed by atoms with E-state index < -0.39 is 0 Å². The molecule has 0 aromatic carbocycles. The van der Waals surface area contributed by atoms with Crippen molar-refractivity contribution >= 4 is 21.9 Å². The summed E-state index contributed by atoms with van der Waals surface area (Å²) in [6.07, 6.45) is 4.64. The van der Waals surface area contributed by atoms with Crippen molar-refractivity contribution in [2.75, 3.05) is 26.7 Å². The number of aliphatic imine (C=N–C) groups is 1. The van der Waals surface area contributed by atoms with Gasteiger partial charge in [-0.3, -0.25) is 4.99 Å². The Morgan fingerprint density at radius 2 is 2.43 bits per heavy atom. The quantitative estimate of drug-likeness (QED) is 0.650. The zero-order valence-electron chi connectivity index (χ0n) is 13.1. The Hall–Kier alpha value is -1.01. The Morgan fingerprint density at radius 3 is 3.00 bits per heavy atom. The molecule has 6 heteroatoms. The number of guanidine groups is 1. The molecule has 2 heterocycles. The molecular formula is C15H25BrN4O. The first-order chi connectivity index (χ1) is 10.1. The molecule has 0 amide bonds. The van der Waals surface area contributed by atoms with E-state index in [9.17, 15) is 0 Å². The first-order valence-corrected chi connectivity index (χ1v) is 8.31. The summed E-state index contributed by atoms with van der Waals surface area (Å²) in [6, 6.07) is 2.14. The summed E-state index contributed by atoms with van der Waals surface area (Å²) < 4.78 is 8.87. The van der Waals surface area contributed by atoms with E-state index in [1.165, 1.54) is 5.69 Å². The van der Waals surface area contributed by atoms with E-state index in [0.29, 0.717) is 0 Å². The fourth-order valence-electron chi connectivity index (χ4n) is 2.49. The highest BCUT2D eigenvalue weighted by Crippen LogP contribution is 2.15. The molecule has 1 unspecified atom stereocenters. The lowest BCUT2D eigenvalue weighted by atomic mass is 10.2. The van der Waals surface area contributed by atoms with Crippen LogP contribution in [0.5, 0.6) is 0 Å². The second-order valence-electron chi connectivity index (χ2n) is 5.45. The number of aryl methyl sites for hydroxylation is 1. The lowest BCUT2D eigenvalue weighted by Gasteiger charge is -2.22. The number of halogens is 1. The summed E-state index contributed by atoms with van der Waals surface area (Å²) >= 11 is 3.51. The maximum atomic E-state index is 5.64. The second-order valence-corrected chi connectivity index (χ2v) is 6.36. The number of ether oxygens (including phenoxy) is 1. The minimum atomic E-state index is 0.288. The van der Waals surface area contributed by atoms with Gasteiger partial charge in [-0.15, -0.1) is 0 Å². The van der Waals surface area contributed by atoms with Crippen LogP contribution in [0.2, 0.25) is 0 Å². The van der Waals surface area contributed by atoms with Crippen molar-refractivity contribution in [1.82, 2.24) is 14.8 Å². The van der Waals surface area contributed by atoms with Gasteiger partial charge in [-0.2, -0.15) is 0 Å². The van der Waals surface area contributed by atoms with Gasteiger partial charge in [0.15, 0.2) is 5.96 Å². The molecule has 1 aromatic rings. The molecule has 0 saturated carbocycles. The van der Waals surface area contributed by atoms with Gasteiger partial charge in [0.05, 0.1) is 19.2 Å². The summed E-state index contributed by atoms with van der Waals surface area (Å²) in [6.45, 7) is 5.40. The van der Waals surface area contributed by atoms with Crippen LogP contribution in [0.15, 0.2) is 21.7 Å². The zero-order valence-corrected chi connectivity index (χ0v) is 14.7. The van der Waals surface area contributed by atoms with Crippen LogP contribution in [0.1, 0.15) is 25.5 Å². The van der Waals surface area contributed by atoms with Crippen LogP contribution < -0.4 is 5.32 Å². The molecule has 0 bridgehead atoms. The molecule has 1 fully saturated rings. The second kappa shape index (κ2) is 7.84. The number of rotatable bonds is 5. The van der Waals surface area contributed by atoms with Gasteiger partial charge < -0.3 is 19.5 Å². The first kappa shape index (κ1) is 16.4. The van der Waals surface area contributed by atoms with Crippen molar-refractivity contribution in [3.05, 3.63) is 22.4 Å². The van der Waals surface area contributed by atoms with Gasteiger partial charge in [0.25, 0.3) is 0 Å². The Bertz CT molecular complexity index is 480. The van der Waals surface area contributed by atoms with Crippen molar-refractivity contribution in [2.24, 2.45) is 12.0 Å². The van der Waals surface area contributed by atoms with E-state index in [4.69, 9.17) is 9.73 Å². The molecule has 118 valence electrons. The van der Waals surface area contributed by atoms with Crippen molar-refractivity contribution < 1.29 is 4.74 Å². The Morgan fingerprint density at radius 1 is 1.62 bits per heavy atom. The third kappa shape index (κ3) is 4.74. The molecule has 1 saturated heterocycles. The minimum Gasteiger partial charge on any atom is -0.376 e. The molecule has 21 heavy (non-hydrogen) atoms. The molecule has 0 spiro atoms. The van der Waals surface area contributed by atoms with Gasteiger partial charge in [0.1, 0.15) is 0 Å². The van der Waals surface area contributed by atoms with Crippen LogP contribution in [-0.2, 0) is 18.3 Å². The van der Waals surface area contributed by atoms with E-state index >= 15 is 0 Å². The van der Waals surface area contributed by atoms with Gasteiger partial charge in [-0.25, -0.2) is 0 Å². The van der Waals surface area contributed by atoms with Crippen molar-refractivity contribution in [3.8, 4) is 0 Å². The smallest absolute Gasteiger partial charge is 0.194 e. The maximum absolute atomic E-state index is 5.64. The largest absolute Gasteiger partial charge is 0.376 e. The summed E-state index contributed by atoms with van der Waals surface area (Å²) in [4.78, 5) is 6.87. The number of hydrogen-bond acceptors (Lipinski definition) is 2. The molecule has 1 aliphatic rings. The zero-order chi connectivity index (χ0) is 15.2. The summed E-state index contributed by atoms with van der Waals surface area (Å²) in [5.41, 5.74) is 1.24. The van der Waals surface area contributed by atoms with Crippen molar-refractivity contribution in [3.63, 3.8) is 0 Å². The lowest BCUT2D eigenvalue weighted by molar-refractivity contribution is 0.117. The molecular weight excluding hydrogens is 332 g/mol. The van der Waals surface area contributed by atoms with Crippen LogP contribution in [0.25, 0.3) is 0 Å². The number of hydrogen-bond donors (Lipinski definition) is 1. The van der Waals surface area contributed by atoms with E-state index in [1.54, 1.807) is 0 Å². The number of nitrogens with one attached hydrogen (secondary N) is 1. The first-order valence-electron chi connectivity index (χ1n) is 7.52. The summed E-state index contributed by atoms with van der Waals surface area (Å²) in [7, 11) is 4.13. The normalized spacial score (nSPS) is 19.0. The van der Waals surface area contributed by atoms with E-state index in [-0.39, 0.29) is 6.10 Å². The fourth-order valence-corrected chi connectivity index (χ4v) is 3.06. The molecule has 1 aliphatic heterocycles. The molecule has 0 aliphatic carbocycles. The minimum absolute atomic E-state index is 0.288. The highest BCUT2D eigenvalue weighted by molar-refractivity contribution is 9.10. The van der Waals surface area contributed by atoms with Gasteiger partial charge in [0, 0.05) is 43.6 Å². The van der Waals surface area contributed by atoms with Crippen LogP contribution in [-0.4, -0.2) is 48.3 Å². The average Bonchev–Trinajstić information content (AvgIpc) is 3.05. The molecule has 1 aromatic heterocycles. The predicted octanol–water partition coefficient (Wildman–Crippen LogP) is 2.36. The summed E-state index contributed by atoms with van der Waals surface area (Å²) in [5, 5.41) is 3.35. The molecule has 0 radical (unpaired) electrons. The molecule has 1 atom stereocenters. The summed E-state index contributed by atoms with van der Waals surface area (Å²) in [5.74, 6) is 0.935. The highest BCUT2D eigenvalue weighted by Gasteiger charge is 2.16. The van der Waals surface area contributed by atoms with Gasteiger partial charge in [-0.05, 0) is 41.8 Å². The number of nitrogens with zero attached hydrogens (tertiary/aromatic N) is 3. The van der Waals surface area contributed by atoms with Crippen LogP contribution >= 0.6 is 15.9 Å². The topological polar surface area (TPSA) is 41.8 Å². The molecule has 1 N–H and O–H groups in total. The monoisotopic (exact) mass is 356 g/mol. The van der Waals surface area contributed by atoms with E-state index in [2.05, 4.69) is 64.0 Å². The SMILES string of the molecule is CCNC(=NCC1CCCO1)N(C)Cc1cc(Br)cn1C. The van der Waals surface area contributed by atoms with Gasteiger partial charge in [-0.1, -0.05) is 0 Å². The third-order valence-corrected chi connectivity index (χ3v) is 4.07. The molecule has 2 rings (SSSR count). The van der Waals surface area contributed by atoms with Gasteiger partial charge in [0.2, 0.25) is 0 Å². The van der Waals surface area contributed by atoms with Crippen LogP contribution in [0, 0.1) is 0 Å². The van der Waals surface area contributed by atoms with E-state index in [1.807, 2.05) is 0 Å². The van der Waals surface area contributed by atoms with E-state index in [0.717, 1.165) is 49.5 Å². The fraction of sp³-hybridized carbons (Fsp3) is 0.667. The standard InChI is InChI=1S/C15H25BrN4O/c1-4-17-15(18-9-14-6-5-7-21-14)20(3)11-13-8-12(16)10-19(13)2/h8,10,14H,4-7,9,11H2,1-3H3,(H,17,18). The van der Waals surface area contributed by atoms with Gasteiger partial charge >= 0.3 is 0 Å². The Balaban J connectivity index is 1.98. The van der Waals surface area contributed by atoms with Crippen LogP contribution in [0.3, 0.4) is 0 Å². The highest BCUT2D eigenvalue weighted by atomic mass is 79.9. The van der Waals surface area contributed by atoms with Crippen molar-refractivity contribution in [1.29, 1.82) is 0 Å². The maximum Gasteiger partial charge on any atom is 0.194 e. The number of aromatic nitrogens is 1. The van der Waals surface area contributed by atoms with Crippen LogP contribution in [0.4, 0.5) is 0 Å². The Labute approximate surface area is 135 Å².